The van der Waals surface area contributed by atoms with Gasteiger partial charge in [-0.1, -0.05) is 33.5 Å². The van der Waals surface area contributed by atoms with Crippen molar-refractivity contribution in [2.45, 2.75) is 57.1 Å². The molecule has 20 heavy (non-hydrogen) atoms. The molecule has 0 radical (unpaired) electrons. The van der Waals surface area contributed by atoms with Gasteiger partial charge in [0.2, 0.25) is 0 Å². The second-order valence-electron chi connectivity index (χ2n) is 7.18. The van der Waals surface area contributed by atoms with Gasteiger partial charge < -0.3 is 4.74 Å². The summed E-state index contributed by atoms with van der Waals surface area (Å²) in [6.07, 6.45) is 1.08. The van der Waals surface area contributed by atoms with Crippen molar-refractivity contribution in [1.82, 2.24) is 0 Å². The van der Waals surface area contributed by atoms with E-state index in [1.165, 1.54) is 16.0 Å². The van der Waals surface area contributed by atoms with Crippen molar-refractivity contribution in [2.24, 2.45) is 0 Å². The third kappa shape index (κ3) is 3.62. The highest BCUT2D eigenvalue weighted by Crippen LogP contribution is 2.41. The largest absolute Gasteiger partial charge is 0.493 e. The van der Waals surface area contributed by atoms with Crippen LogP contribution >= 0.6 is 11.8 Å². The highest BCUT2D eigenvalue weighted by Gasteiger charge is 2.29. The lowest BCUT2D eigenvalue weighted by Gasteiger charge is -2.33. The fourth-order valence-electron chi connectivity index (χ4n) is 2.20. The van der Waals surface area contributed by atoms with Gasteiger partial charge in [0.15, 0.2) is 0 Å². The standard InChI is InChI=1S/C17H24OSSi/c1-13-11-15-14(17(2,3)7-8-18-15)12-16(13)19-9-10-20(4,5)6/h11-12H,7-8H2,1-6H3. The predicted octanol–water partition coefficient (Wildman–Crippen LogP) is 4.99. The van der Waals surface area contributed by atoms with Crippen LogP contribution in [0.2, 0.25) is 19.6 Å². The molecule has 108 valence electrons. The first kappa shape index (κ1) is 15.5. The zero-order valence-electron chi connectivity index (χ0n) is 13.4. The molecule has 0 bridgehead atoms. The molecule has 0 N–H and O–H groups in total. The van der Waals surface area contributed by atoms with E-state index in [1.807, 2.05) is 0 Å². The fourth-order valence-corrected chi connectivity index (χ4v) is 4.14. The maximum Gasteiger partial charge on any atom is 0.130 e. The van der Waals surface area contributed by atoms with Gasteiger partial charge in [-0.05, 0) is 53.5 Å². The van der Waals surface area contributed by atoms with E-state index < -0.39 is 8.07 Å². The summed E-state index contributed by atoms with van der Waals surface area (Å²) in [5.74, 6) is 1.06. The lowest BCUT2D eigenvalue weighted by Crippen LogP contribution is -2.26. The van der Waals surface area contributed by atoms with Crippen molar-refractivity contribution >= 4 is 19.8 Å². The van der Waals surface area contributed by atoms with Crippen molar-refractivity contribution in [2.75, 3.05) is 6.61 Å². The monoisotopic (exact) mass is 304 g/mol. The fraction of sp³-hybridized carbons (Fsp3) is 0.529. The van der Waals surface area contributed by atoms with Crippen molar-refractivity contribution in [1.29, 1.82) is 0 Å². The van der Waals surface area contributed by atoms with Crippen LogP contribution in [-0.2, 0) is 5.41 Å². The van der Waals surface area contributed by atoms with Gasteiger partial charge in [0.05, 0.1) is 6.61 Å². The molecule has 3 heteroatoms. The van der Waals surface area contributed by atoms with Gasteiger partial charge in [-0.2, -0.15) is 0 Å². The van der Waals surface area contributed by atoms with Crippen LogP contribution in [0.3, 0.4) is 0 Å². The molecule has 1 aliphatic heterocycles. The number of ether oxygens (including phenoxy) is 1. The predicted molar refractivity (Wildman–Crippen MR) is 91.3 cm³/mol. The highest BCUT2D eigenvalue weighted by atomic mass is 32.2. The van der Waals surface area contributed by atoms with E-state index in [0.717, 1.165) is 18.8 Å². The Morgan fingerprint density at radius 1 is 1.25 bits per heavy atom. The van der Waals surface area contributed by atoms with E-state index in [9.17, 15) is 0 Å². The molecule has 0 aliphatic carbocycles. The van der Waals surface area contributed by atoms with Gasteiger partial charge in [0, 0.05) is 10.5 Å². The quantitative estimate of drug-likeness (QED) is 0.411. The third-order valence-corrected chi connectivity index (χ3v) is 5.50. The van der Waals surface area contributed by atoms with E-state index in [4.69, 9.17) is 4.74 Å². The first-order chi connectivity index (χ1) is 9.19. The summed E-state index contributed by atoms with van der Waals surface area (Å²) in [6.45, 7) is 14.4. The number of benzene rings is 1. The molecule has 1 nitrogen and oxygen atoms in total. The number of hydrogen-bond acceptors (Lipinski definition) is 2. The molecule has 0 fully saturated rings. The first-order valence-electron chi connectivity index (χ1n) is 7.16. The maximum atomic E-state index is 5.82. The average molecular weight is 305 g/mol. The summed E-state index contributed by atoms with van der Waals surface area (Å²) in [7, 11) is -1.29. The zero-order chi connectivity index (χ0) is 15.0. The van der Waals surface area contributed by atoms with Gasteiger partial charge in [0.1, 0.15) is 13.8 Å². The van der Waals surface area contributed by atoms with Crippen molar-refractivity contribution < 1.29 is 4.74 Å². The number of thioether (sulfide) groups is 1. The van der Waals surface area contributed by atoms with E-state index in [2.05, 4.69) is 63.3 Å². The minimum atomic E-state index is -1.29. The van der Waals surface area contributed by atoms with Crippen LogP contribution in [-0.4, -0.2) is 14.7 Å². The normalized spacial score (nSPS) is 16.7. The maximum absolute atomic E-state index is 5.82. The second kappa shape index (κ2) is 5.50. The molecule has 0 saturated heterocycles. The van der Waals surface area contributed by atoms with Crippen LogP contribution in [0.25, 0.3) is 0 Å². The minimum absolute atomic E-state index is 0.197. The molecule has 0 unspecified atom stereocenters. The molecular formula is C17H24OSSi. The number of aryl methyl sites for hydroxylation is 1. The van der Waals surface area contributed by atoms with E-state index in [0.29, 0.717) is 0 Å². The van der Waals surface area contributed by atoms with Crippen molar-refractivity contribution in [3.8, 4) is 16.5 Å². The number of fused-ring (bicyclic) bond motifs is 1. The molecule has 1 aliphatic rings. The third-order valence-electron chi connectivity index (χ3n) is 3.58. The minimum Gasteiger partial charge on any atom is -0.493 e. The topological polar surface area (TPSA) is 9.23 Å². The Bertz CT molecular complexity index is 573. The van der Waals surface area contributed by atoms with Gasteiger partial charge in [-0.3, -0.25) is 0 Å². The Hall–Kier alpha value is -0.853. The second-order valence-corrected chi connectivity index (χ2v) is 12.8. The van der Waals surface area contributed by atoms with Crippen LogP contribution in [0.1, 0.15) is 31.4 Å². The zero-order valence-corrected chi connectivity index (χ0v) is 15.2. The molecule has 0 spiro atoms. The molecular weight excluding hydrogens is 280 g/mol. The molecule has 0 aromatic heterocycles. The van der Waals surface area contributed by atoms with Crippen LogP contribution in [0.15, 0.2) is 17.0 Å². The molecule has 0 atom stereocenters. The summed E-state index contributed by atoms with van der Waals surface area (Å²) in [4.78, 5) is 1.27. The van der Waals surface area contributed by atoms with Crippen LogP contribution in [0, 0.1) is 17.7 Å². The smallest absolute Gasteiger partial charge is 0.130 e. The van der Waals surface area contributed by atoms with Crippen LogP contribution in [0.4, 0.5) is 0 Å². The molecule has 1 aromatic rings. The Balaban J connectivity index is 2.33. The van der Waals surface area contributed by atoms with Gasteiger partial charge in [-0.25, -0.2) is 0 Å². The number of hydrogen-bond donors (Lipinski definition) is 0. The Labute approximate surface area is 128 Å². The summed E-state index contributed by atoms with van der Waals surface area (Å²) in [6, 6.07) is 4.46. The SMILES string of the molecule is Cc1cc2c(cc1SC#C[Si](C)(C)C)C(C)(C)CCO2. The van der Waals surface area contributed by atoms with Crippen LogP contribution in [0.5, 0.6) is 5.75 Å². The molecule has 1 aromatic carbocycles. The lowest BCUT2D eigenvalue weighted by atomic mass is 9.79. The van der Waals surface area contributed by atoms with Crippen LogP contribution < -0.4 is 4.74 Å². The first-order valence-corrected chi connectivity index (χ1v) is 11.5. The van der Waals surface area contributed by atoms with Gasteiger partial charge >= 0.3 is 0 Å². The molecule has 0 saturated carbocycles. The van der Waals surface area contributed by atoms with E-state index in [-0.39, 0.29) is 5.41 Å². The van der Waals surface area contributed by atoms with E-state index >= 15 is 0 Å². The Morgan fingerprint density at radius 3 is 2.60 bits per heavy atom. The highest BCUT2D eigenvalue weighted by molar-refractivity contribution is 8.04. The number of rotatable bonds is 1. The molecule has 1 heterocycles. The Kier molecular flexibility index (Phi) is 4.27. The summed E-state index contributed by atoms with van der Waals surface area (Å²) < 4.78 is 5.82. The van der Waals surface area contributed by atoms with Crippen molar-refractivity contribution in [3.05, 3.63) is 23.3 Å². The average Bonchev–Trinajstić information content (AvgIpc) is 2.28. The summed E-state index contributed by atoms with van der Waals surface area (Å²) in [5.41, 5.74) is 6.20. The van der Waals surface area contributed by atoms with Gasteiger partial charge in [0.25, 0.3) is 0 Å². The molecule has 2 rings (SSSR count). The summed E-state index contributed by atoms with van der Waals surface area (Å²) >= 11 is 1.67. The molecule has 0 amide bonds. The Morgan fingerprint density at radius 2 is 1.95 bits per heavy atom. The van der Waals surface area contributed by atoms with E-state index in [1.54, 1.807) is 11.8 Å². The van der Waals surface area contributed by atoms with Crippen molar-refractivity contribution in [3.63, 3.8) is 0 Å². The van der Waals surface area contributed by atoms with Gasteiger partial charge in [-0.15, -0.1) is 5.54 Å². The lowest BCUT2D eigenvalue weighted by molar-refractivity contribution is 0.233. The summed E-state index contributed by atoms with van der Waals surface area (Å²) in [5, 5.41) is 3.30.